The topological polar surface area (TPSA) is 83.5 Å². The van der Waals surface area contributed by atoms with Gasteiger partial charge in [-0.3, -0.25) is 4.79 Å². The molecule has 0 aromatic rings. The number of hydrogen-bond acceptors (Lipinski definition) is 3. The number of hydrogen-bond donors (Lipinski definition) is 2. The van der Waals surface area contributed by atoms with E-state index in [1.165, 1.54) is 0 Å². The number of carboxylic acids is 1. The molecular weight excluding hydrogens is 254 g/mol. The van der Waals surface area contributed by atoms with Crippen LogP contribution in [0.5, 0.6) is 0 Å². The maximum atomic E-state index is 11.9. The first-order valence-corrected chi connectivity index (χ1v) is 8.04. The first-order valence-electron chi connectivity index (χ1n) is 6.49. The van der Waals surface area contributed by atoms with Crippen LogP contribution < -0.4 is 4.72 Å². The van der Waals surface area contributed by atoms with E-state index >= 15 is 0 Å². The highest BCUT2D eigenvalue weighted by Gasteiger charge is 2.45. The molecule has 1 aliphatic rings. The van der Waals surface area contributed by atoms with Crippen LogP contribution >= 0.6 is 0 Å². The standard InChI is InChI=1S/C12H23NO4S/c1-4-10-5-7-12(8-6-10,11(14)15)13-18(16,17)9(2)3/h9-10,13H,4-8H2,1-3H3,(H,14,15). The van der Waals surface area contributed by atoms with E-state index < -0.39 is 26.8 Å². The number of carboxylic acid groups (broad SMARTS) is 1. The summed E-state index contributed by atoms with van der Waals surface area (Å²) in [5.41, 5.74) is -1.30. The van der Waals surface area contributed by atoms with Crippen molar-refractivity contribution >= 4 is 16.0 Å². The molecule has 1 fully saturated rings. The molecule has 0 unspecified atom stereocenters. The smallest absolute Gasteiger partial charge is 0.324 e. The van der Waals surface area contributed by atoms with Crippen molar-refractivity contribution in [2.24, 2.45) is 5.92 Å². The van der Waals surface area contributed by atoms with Crippen molar-refractivity contribution in [3.63, 3.8) is 0 Å². The minimum Gasteiger partial charge on any atom is -0.480 e. The quantitative estimate of drug-likeness (QED) is 0.801. The summed E-state index contributed by atoms with van der Waals surface area (Å²) in [5, 5.41) is 8.75. The van der Waals surface area contributed by atoms with Crippen LogP contribution in [0.3, 0.4) is 0 Å². The molecule has 1 rings (SSSR count). The molecule has 0 heterocycles. The maximum Gasteiger partial charge on any atom is 0.324 e. The average Bonchev–Trinajstić information content (AvgIpc) is 2.29. The average molecular weight is 277 g/mol. The lowest BCUT2D eigenvalue weighted by atomic mass is 9.76. The highest BCUT2D eigenvalue weighted by Crippen LogP contribution is 2.34. The zero-order valence-corrected chi connectivity index (χ0v) is 12.1. The van der Waals surface area contributed by atoms with Crippen molar-refractivity contribution in [2.75, 3.05) is 0 Å². The molecule has 106 valence electrons. The highest BCUT2D eigenvalue weighted by atomic mass is 32.2. The molecule has 0 aliphatic heterocycles. The van der Waals surface area contributed by atoms with Crippen molar-refractivity contribution in [3.05, 3.63) is 0 Å². The van der Waals surface area contributed by atoms with Crippen LogP contribution in [-0.2, 0) is 14.8 Å². The summed E-state index contributed by atoms with van der Waals surface area (Å²) in [7, 11) is -3.56. The predicted octanol–water partition coefficient (Wildman–Crippen LogP) is 1.74. The van der Waals surface area contributed by atoms with Gasteiger partial charge in [-0.05, 0) is 45.4 Å². The summed E-state index contributed by atoms with van der Waals surface area (Å²) in [5.74, 6) is -0.540. The maximum absolute atomic E-state index is 11.9. The van der Waals surface area contributed by atoms with Crippen molar-refractivity contribution < 1.29 is 18.3 Å². The third kappa shape index (κ3) is 3.23. The molecule has 0 radical (unpaired) electrons. The Morgan fingerprint density at radius 2 is 1.89 bits per heavy atom. The van der Waals surface area contributed by atoms with E-state index in [0.717, 1.165) is 19.3 Å². The monoisotopic (exact) mass is 277 g/mol. The van der Waals surface area contributed by atoms with Gasteiger partial charge in [-0.1, -0.05) is 13.3 Å². The van der Waals surface area contributed by atoms with E-state index in [9.17, 15) is 18.3 Å². The van der Waals surface area contributed by atoms with Gasteiger partial charge in [0.05, 0.1) is 5.25 Å². The molecule has 18 heavy (non-hydrogen) atoms. The molecule has 0 bridgehead atoms. The molecule has 1 saturated carbocycles. The number of rotatable bonds is 5. The zero-order chi connectivity index (χ0) is 14.0. The van der Waals surface area contributed by atoms with E-state index in [2.05, 4.69) is 11.6 Å². The zero-order valence-electron chi connectivity index (χ0n) is 11.3. The second kappa shape index (κ2) is 5.57. The normalized spacial score (nSPS) is 29.4. The first-order chi connectivity index (χ1) is 8.23. The minimum atomic E-state index is -3.56. The molecule has 0 saturated heterocycles. The Morgan fingerprint density at radius 3 is 2.22 bits per heavy atom. The molecule has 0 aromatic carbocycles. The molecule has 0 atom stereocenters. The molecular formula is C12H23NO4S. The van der Waals surface area contributed by atoms with Crippen LogP contribution in [0, 0.1) is 5.92 Å². The Hall–Kier alpha value is -0.620. The highest BCUT2D eigenvalue weighted by molar-refractivity contribution is 7.90. The molecule has 0 spiro atoms. The lowest BCUT2D eigenvalue weighted by Gasteiger charge is -2.37. The summed E-state index contributed by atoms with van der Waals surface area (Å²) in [6.45, 7) is 5.18. The second-order valence-corrected chi connectivity index (χ2v) is 7.67. The van der Waals surface area contributed by atoms with Crippen LogP contribution in [0.25, 0.3) is 0 Å². The fourth-order valence-electron chi connectivity index (χ4n) is 2.33. The third-order valence-corrected chi connectivity index (χ3v) is 5.82. The predicted molar refractivity (Wildman–Crippen MR) is 69.8 cm³/mol. The van der Waals surface area contributed by atoms with Gasteiger partial charge in [0.25, 0.3) is 0 Å². The molecule has 0 amide bonds. The Kier molecular flexibility index (Phi) is 4.78. The lowest BCUT2D eigenvalue weighted by molar-refractivity contribution is -0.145. The SMILES string of the molecule is CCC1CCC(NS(=O)(=O)C(C)C)(C(=O)O)CC1. The summed E-state index contributed by atoms with van der Waals surface area (Å²) in [6, 6.07) is 0. The van der Waals surface area contributed by atoms with Gasteiger partial charge in [-0.25, -0.2) is 8.42 Å². The Labute approximate surface area is 109 Å². The Morgan fingerprint density at radius 1 is 1.39 bits per heavy atom. The number of aliphatic carboxylic acids is 1. The van der Waals surface area contributed by atoms with Gasteiger partial charge in [-0.15, -0.1) is 0 Å². The van der Waals surface area contributed by atoms with Crippen molar-refractivity contribution in [2.45, 2.75) is 63.7 Å². The fraction of sp³-hybridized carbons (Fsp3) is 0.917. The van der Waals surface area contributed by atoms with E-state index in [-0.39, 0.29) is 0 Å². The van der Waals surface area contributed by atoms with Gasteiger partial charge >= 0.3 is 5.97 Å². The van der Waals surface area contributed by atoms with E-state index in [4.69, 9.17) is 0 Å². The van der Waals surface area contributed by atoms with Gasteiger partial charge in [0.15, 0.2) is 0 Å². The molecule has 1 aliphatic carbocycles. The van der Waals surface area contributed by atoms with Crippen LogP contribution in [0.15, 0.2) is 0 Å². The van der Waals surface area contributed by atoms with E-state index in [0.29, 0.717) is 18.8 Å². The summed E-state index contributed by atoms with van der Waals surface area (Å²) >= 11 is 0. The number of nitrogens with one attached hydrogen (secondary N) is 1. The van der Waals surface area contributed by atoms with Gasteiger partial charge in [-0.2, -0.15) is 4.72 Å². The van der Waals surface area contributed by atoms with Crippen LogP contribution in [0.1, 0.15) is 52.9 Å². The van der Waals surface area contributed by atoms with Gasteiger partial charge in [0, 0.05) is 0 Å². The largest absolute Gasteiger partial charge is 0.480 e. The summed E-state index contributed by atoms with van der Waals surface area (Å²) < 4.78 is 26.2. The lowest BCUT2D eigenvalue weighted by Crippen LogP contribution is -2.57. The van der Waals surface area contributed by atoms with Crippen molar-refractivity contribution in [1.82, 2.24) is 4.72 Å². The first kappa shape index (κ1) is 15.4. The summed E-state index contributed by atoms with van der Waals surface area (Å²) in [6.07, 6.45) is 3.32. The Balaban J connectivity index is 2.88. The minimum absolute atomic E-state index is 0.382. The number of carbonyl (C=O) groups is 1. The van der Waals surface area contributed by atoms with Gasteiger partial charge in [0.2, 0.25) is 10.0 Å². The molecule has 6 heteroatoms. The van der Waals surface area contributed by atoms with Crippen LogP contribution in [0.4, 0.5) is 0 Å². The van der Waals surface area contributed by atoms with Crippen LogP contribution in [-0.4, -0.2) is 30.3 Å². The second-order valence-electron chi connectivity index (χ2n) is 5.43. The Bertz CT molecular complexity index is 394. The molecule has 2 N–H and O–H groups in total. The van der Waals surface area contributed by atoms with Crippen LogP contribution in [0.2, 0.25) is 0 Å². The molecule has 0 aromatic heterocycles. The van der Waals surface area contributed by atoms with Crippen molar-refractivity contribution in [3.8, 4) is 0 Å². The number of sulfonamides is 1. The fourth-order valence-corrected chi connectivity index (χ4v) is 3.40. The van der Waals surface area contributed by atoms with Gasteiger partial charge in [0.1, 0.15) is 5.54 Å². The third-order valence-electron chi connectivity index (χ3n) is 3.90. The van der Waals surface area contributed by atoms with E-state index in [1.54, 1.807) is 13.8 Å². The van der Waals surface area contributed by atoms with Gasteiger partial charge < -0.3 is 5.11 Å². The van der Waals surface area contributed by atoms with E-state index in [1.807, 2.05) is 0 Å². The summed E-state index contributed by atoms with van der Waals surface area (Å²) in [4.78, 5) is 11.4. The molecule has 5 nitrogen and oxygen atoms in total. The van der Waals surface area contributed by atoms with Crippen molar-refractivity contribution in [1.29, 1.82) is 0 Å².